The summed E-state index contributed by atoms with van der Waals surface area (Å²) < 4.78 is 32.1. The van der Waals surface area contributed by atoms with E-state index in [0.29, 0.717) is 17.5 Å². The van der Waals surface area contributed by atoms with Crippen molar-refractivity contribution in [1.82, 2.24) is 34.8 Å². The minimum Gasteiger partial charge on any atom is -0.437 e. The van der Waals surface area contributed by atoms with Crippen LogP contribution in [0.15, 0.2) is 58.9 Å². The number of sulfonamides is 1. The maximum atomic E-state index is 12.6. The number of nitrogens with one attached hydrogen (secondary N) is 1. The summed E-state index contributed by atoms with van der Waals surface area (Å²) in [6.45, 7) is 8.31. The number of benzene rings is 2. The van der Waals surface area contributed by atoms with Crippen molar-refractivity contribution in [2.75, 3.05) is 31.5 Å². The standard InChI is InChI=1S/C34H39N9O4S2/c1-22-17-25(29-20-43(40-39-29)21-30(44)42-12-3-4-13-42)18-23(2)31(22)47-33-32-28(11-16-48-32)37-34(38-33)36-26-9-14-41(15-10-26)19-24-5-7-27(8-6-24)49(35,45)46/h5-8,11,16-18,20,26H,3-4,9-10,12-15,19,21H2,1-2H3,(H2,35,45,46)(H,36,37,38). The lowest BCUT2D eigenvalue weighted by atomic mass is 10.0. The molecular weight excluding hydrogens is 663 g/mol. The van der Waals surface area contributed by atoms with Crippen LogP contribution in [0.2, 0.25) is 0 Å². The number of rotatable bonds is 10. The lowest BCUT2D eigenvalue weighted by Crippen LogP contribution is -2.39. The number of aromatic nitrogens is 5. The summed E-state index contributed by atoms with van der Waals surface area (Å²) in [6, 6.07) is 13.0. The highest BCUT2D eigenvalue weighted by molar-refractivity contribution is 7.89. The molecule has 2 aromatic carbocycles. The Morgan fingerprint density at radius 1 is 1.02 bits per heavy atom. The molecule has 7 rings (SSSR count). The van der Waals surface area contributed by atoms with Crippen LogP contribution < -0.4 is 15.2 Å². The summed E-state index contributed by atoms with van der Waals surface area (Å²) >= 11 is 1.54. The smallest absolute Gasteiger partial charge is 0.244 e. The van der Waals surface area contributed by atoms with Gasteiger partial charge in [-0.25, -0.2) is 23.2 Å². The number of ether oxygens (including phenoxy) is 1. The number of carbonyl (C=O) groups excluding carboxylic acids is 1. The maximum absolute atomic E-state index is 12.6. The molecule has 2 fully saturated rings. The second kappa shape index (κ2) is 13.8. The average molecular weight is 702 g/mol. The number of hydrogen-bond donors (Lipinski definition) is 2. The highest BCUT2D eigenvalue weighted by Crippen LogP contribution is 2.37. The molecule has 5 aromatic rings. The fraction of sp³-hybridized carbons (Fsp3) is 0.382. The number of amides is 1. The second-order valence-electron chi connectivity index (χ2n) is 12.8. The first kappa shape index (κ1) is 33.1. The Kier molecular flexibility index (Phi) is 9.33. The molecule has 13 nitrogen and oxygen atoms in total. The first-order valence-corrected chi connectivity index (χ1v) is 18.8. The minimum atomic E-state index is -3.70. The predicted octanol–water partition coefficient (Wildman–Crippen LogP) is 4.71. The Hall–Kier alpha value is -4.44. The molecule has 15 heteroatoms. The third kappa shape index (κ3) is 7.59. The second-order valence-corrected chi connectivity index (χ2v) is 15.3. The van der Waals surface area contributed by atoms with Crippen LogP contribution in [0.5, 0.6) is 11.6 Å². The first-order valence-electron chi connectivity index (χ1n) is 16.4. The predicted molar refractivity (Wildman–Crippen MR) is 188 cm³/mol. The average Bonchev–Trinajstić information content (AvgIpc) is 3.86. The largest absolute Gasteiger partial charge is 0.437 e. The van der Waals surface area contributed by atoms with Gasteiger partial charge in [0.1, 0.15) is 22.7 Å². The molecule has 0 radical (unpaired) electrons. The van der Waals surface area contributed by atoms with Crippen molar-refractivity contribution >= 4 is 43.4 Å². The van der Waals surface area contributed by atoms with Crippen molar-refractivity contribution < 1.29 is 17.9 Å². The Morgan fingerprint density at radius 3 is 2.43 bits per heavy atom. The molecule has 2 aliphatic rings. The van der Waals surface area contributed by atoms with Gasteiger partial charge in [0.2, 0.25) is 27.8 Å². The van der Waals surface area contributed by atoms with Gasteiger partial charge < -0.3 is 15.0 Å². The monoisotopic (exact) mass is 701 g/mol. The Balaban J connectivity index is 1.01. The molecule has 0 aliphatic carbocycles. The van der Waals surface area contributed by atoms with Crippen LogP contribution in [0, 0.1) is 13.8 Å². The normalized spacial score (nSPS) is 16.0. The molecule has 0 saturated carbocycles. The van der Waals surface area contributed by atoms with Gasteiger partial charge >= 0.3 is 0 Å². The van der Waals surface area contributed by atoms with E-state index in [1.807, 2.05) is 60.7 Å². The zero-order valence-electron chi connectivity index (χ0n) is 27.5. The molecule has 0 unspecified atom stereocenters. The number of likely N-dealkylation sites (tertiary alicyclic amines) is 2. The van der Waals surface area contributed by atoms with Gasteiger partial charge in [0.05, 0.1) is 16.6 Å². The number of fused-ring (bicyclic) bond motifs is 1. The van der Waals surface area contributed by atoms with Gasteiger partial charge in [-0.05, 0) is 91.9 Å². The van der Waals surface area contributed by atoms with Gasteiger partial charge in [-0.15, -0.1) is 16.4 Å². The molecule has 2 aliphatic heterocycles. The molecule has 3 N–H and O–H groups in total. The van der Waals surface area contributed by atoms with E-state index in [9.17, 15) is 13.2 Å². The summed E-state index contributed by atoms with van der Waals surface area (Å²) in [5.41, 5.74) is 5.34. The van der Waals surface area contributed by atoms with E-state index in [1.54, 1.807) is 28.2 Å². The topological polar surface area (TPSA) is 161 Å². The first-order chi connectivity index (χ1) is 23.6. The van der Waals surface area contributed by atoms with Crippen LogP contribution >= 0.6 is 11.3 Å². The Labute approximate surface area is 289 Å². The van der Waals surface area contributed by atoms with E-state index in [4.69, 9.17) is 19.8 Å². The van der Waals surface area contributed by atoms with Crippen molar-refractivity contribution in [3.05, 3.63) is 70.7 Å². The third-order valence-electron chi connectivity index (χ3n) is 9.10. The Morgan fingerprint density at radius 2 is 1.73 bits per heavy atom. The summed E-state index contributed by atoms with van der Waals surface area (Å²) in [5.74, 6) is 1.84. The van der Waals surface area contributed by atoms with Crippen molar-refractivity contribution in [1.29, 1.82) is 0 Å². The van der Waals surface area contributed by atoms with E-state index >= 15 is 0 Å². The molecule has 1 amide bonds. The number of nitrogens with two attached hydrogens (primary N) is 1. The lowest BCUT2D eigenvalue weighted by molar-refractivity contribution is -0.130. The number of nitrogens with zero attached hydrogens (tertiary/aromatic N) is 7. The van der Waals surface area contributed by atoms with Crippen LogP contribution in [0.4, 0.5) is 5.95 Å². The van der Waals surface area contributed by atoms with Crippen molar-refractivity contribution in [3.63, 3.8) is 0 Å². The number of thiophene rings is 1. The van der Waals surface area contributed by atoms with Crippen molar-refractivity contribution in [2.24, 2.45) is 5.14 Å². The highest BCUT2D eigenvalue weighted by Gasteiger charge is 2.23. The van der Waals surface area contributed by atoms with Crippen LogP contribution in [-0.4, -0.2) is 81.3 Å². The van der Waals surface area contributed by atoms with Gasteiger partial charge in [-0.1, -0.05) is 17.3 Å². The molecule has 3 aromatic heterocycles. The Bertz CT molecular complexity index is 2060. The minimum absolute atomic E-state index is 0.0711. The van der Waals surface area contributed by atoms with Crippen LogP contribution in [0.3, 0.4) is 0 Å². The highest BCUT2D eigenvalue weighted by atomic mass is 32.2. The number of piperidine rings is 1. The maximum Gasteiger partial charge on any atom is 0.244 e. The lowest BCUT2D eigenvalue weighted by Gasteiger charge is -2.32. The number of anilines is 1. The summed E-state index contributed by atoms with van der Waals surface area (Å²) in [7, 11) is -3.70. The zero-order valence-corrected chi connectivity index (χ0v) is 29.1. The van der Waals surface area contributed by atoms with Crippen LogP contribution in [0.25, 0.3) is 21.5 Å². The third-order valence-corrected chi connectivity index (χ3v) is 10.9. The van der Waals surface area contributed by atoms with E-state index in [0.717, 1.165) is 96.6 Å². The number of primary sulfonamides is 1. The molecule has 0 bridgehead atoms. The fourth-order valence-corrected chi connectivity index (χ4v) is 7.77. The van der Waals surface area contributed by atoms with Crippen molar-refractivity contribution in [2.45, 2.75) is 63.6 Å². The van der Waals surface area contributed by atoms with Gasteiger partial charge in [0.25, 0.3) is 0 Å². The molecule has 49 heavy (non-hydrogen) atoms. The van der Waals surface area contributed by atoms with Crippen LogP contribution in [0.1, 0.15) is 42.4 Å². The van der Waals surface area contributed by atoms with E-state index in [2.05, 4.69) is 20.5 Å². The van der Waals surface area contributed by atoms with Gasteiger partial charge in [-0.2, -0.15) is 4.98 Å². The SMILES string of the molecule is Cc1cc(-c2cn(CC(=O)N3CCCC3)nn2)cc(C)c1Oc1nc(NC2CCN(Cc3ccc(S(N)(=O)=O)cc3)CC2)nc2ccsc12. The molecular formula is C34H39N9O4S2. The van der Waals surface area contributed by atoms with Gasteiger partial charge in [0, 0.05) is 44.3 Å². The van der Waals surface area contributed by atoms with E-state index in [-0.39, 0.29) is 23.4 Å². The molecule has 256 valence electrons. The van der Waals surface area contributed by atoms with Crippen LogP contribution in [-0.2, 0) is 27.9 Å². The molecule has 5 heterocycles. The van der Waals surface area contributed by atoms with Gasteiger partial charge in [-0.3, -0.25) is 9.69 Å². The summed E-state index contributed by atoms with van der Waals surface area (Å²) in [5, 5.41) is 19.3. The molecule has 0 spiro atoms. The quantitative estimate of drug-likeness (QED) is 0.209. The van der Waals surface area contributed by atoms with E-state index in [1.165, 1.54) is 0 Å². The molecule has 0 atom stereocenters. The number of hydrogen-bond acceptors (Lipinski definition) is 11. The number of aryl methyl sites for hydroxylation is 2. The summed E-state index contributed by atoms with van der Waals surface area (Å²) in [4.78, 5) is 26.6. The molecule has 2 saturated heterocycles. The van der Waals surface area contributed by atoms with Gasteiger partial charge in [0.15, 0.2) is 0 Å². The van der Waals surface area contributed by atoms with Crippen molar-refractivity contribution in [3.8, 4) is 22.9 Å². The summed E-state index contributed by atoms with van der Waals surface area (Å²) in [6.07, 6.45) is 5.75. The van der Waals surface area contributed by atoms with E-state index < -0.39 is 10.0 Å². The number of carbonyl (C=O) groups is 1. The fourth-order valence-electron chi connectivity index (χ4n) is 6.50. The zero-order chi connectivity index (χ0) is 34.1.